The summed E-state index contributed by atoms with van der Waals surface area (Å²) in [5.74, 6) is 1.43. The normalized spacial score (nSPS) is 14.9. The molecule has 3 aromatic rings. The minimum atomic E-state index is -0.340. The van der Waals surface area contributed by atoms with Gasteiger partial charge in [-0.15, -0.1) is 0 Å². The smallest absolute Gasteiger partial charge is 0.332 e. The van der Waals surface area contributed by atoms with E-state index in [1.54, 1.807) is 21.1 Å². The lowest BCUT2D eigenvalue weighted by atomic mass is 9.96. The molecule has 0 aliphatic heterocycles. The van der Waals surface area contributed by atoms with Gasteiger partial charge in [0.2, 0.25) is 5.95 Å². The van der Waals surface area contributed by atoms with Crippen LogP contribution in [0.25, 0.3) is 11.2 Å². The first-order valence-corrected chi connectivity index (χ1v) is 10.6. The van der Waals surface area contributed by atoms with Crippen molar-refractivity contribution in [2.24, 2.45) is 7.05 Å². The number of benzene rings is 1. The molecule has 160 valence electrons. The van der Waals surface area contributed by atoms with E-state index in [1.165, 1.54) is 28.4 Å². The van der Waals surface area contributed by atoms with E-state index in [0.29, 0.717) is 36.2 Å². The average molecular weight is 412 g/mol. The predicted molar refractivity (Wildman–Crippen MR) is 117 cm³/mol. The monoisotopic (exact) mass is 411 g/mol. The van der Waals surface area contributed by atoms with Gasteiger partial charge in [-0.05, 0) is 37.5 Å². The summed E-state index contributed by atoms with van der Waals surface area (Å²) < 4.78 is 9.90. The lowest BCUT2D eigenvalue weighted by Gasteiger charge is -2.23. The van der Waals surface area contributed by atoms with E-state index in [9.17, 15) is 9.59 Å². The Labute approximate surface area is 175 Å². The molecule has 4 rings (SSSR count). The van der Waals surface area contributed by atoms with Gasteiger partial charge in [0.05, 0.1) is 13.7 Å². The minimum absolute atomic E-state index is 0.298. The molecule has 0 amide bonds. The zero-order valence-electron chi connectivity index (χ0n) is 17.9. The number of hydrogen-bond donors (Lipinski definition) is 1. The number of anilines is 1. The van der Waals surface area contributed by atoms with Crippen molar-refractivity contribution in [1.82, 2.24) is 18.7 Å². The topological polar surface area (TPSA) is 83.1 Å². The maximum Gasteiger partial charge on any atom is 0.332 e. The maximum atomic E-state index is 13.2. The maximum absolute atomic E-state index is 13.2. The van der Waals surface area contributed by atoms with E-state index < -0.39 is 0 Å². The summed E-state index contributed by atoms with van der Waals surface area (Å²) >= 11 is 0. The van der Waals surface area contributed by atoms with Gasteiger partial charge >= 0.3 is 5.69 Å². The molecule has 1 fully saturated rings. The van der Waals surface area contributed by atoms with Crippen LogP contribution in [0.15, 0.2) is 33.9 Å². The third-order valence-corrected chi connectivity index (χ3v) is 5.99. The van der Waals surface area contributed by atoms with Crippen LogP contribution < -0.4 is 21.3 Å². The fraction of sp³-hybridized carbons (Fsp3) is 0.500. The molecule has 0 saturated heterocycles. The van der Waals surface area contributed by atoms with Gasteiger partial charge in [0.25, 0.3) is 5.56 Å². The zero-order valence-corrected chi connectivity index (χ0v) is 17.9. The van der Waals surface area contributed by atoms with Crippen LogP contribution in [0.1, 0.15) is 44.6 Å². The first-order chi connectivity index (χ1) is 14.5. The molecule has 8 heteroatoms. The molecule has 0 atom stereocenters. The Morgan fingerprint density at radius 2 is 1.80 bits per heavy atom. The summed E-state index contributed by atoms with van der Waals surface area (Å²) in [6, 6.07) is 8.10. The lowest BCUT2D eigenvalue weighted by Crippen LogP contribution is -2.39. The lowest BCUT2D eigenvalue weighted by molar-refractivity contribution is 0.414. The SMILES string of the molecule is CCn1c(=O)c2c(nc(NC3CCCCC3)n2Cc2ccc(OC)cc2)n(C)c1=O. The molecule has 1 aliphatic carbocycles. The molecule has 0 radical (unpaired) electrons. The van der Waals surface area contributed by atoms with Crippen molar-refractivity contribution in [1.29, 1.82) is 0 Å². The Morgan fingerprint density at radius 3 is 2.43 bits per heavy atom. The van der Waals surface area contributed by atoms with E-state index in [2.05, 4.69) is 5.32 Å². The molecule has 1 saturated carbocycles. The van der Waals surface area contributed by atoms with Crippen molar-refractivity contribution in [2.45, 2.75) is 58.2 Å². The van der Waals surface area contributed by atoms with Gasteiger partial charge in [0, 0.05) is 19.6 Å². The van der Waals surface area contributed by atoms with Crippen LogP contribution in [0.5, 0.6) is 5.75 Å². The quantitative estimate of drug-likeness (QED) is 0.674. The highest BCUT2D eigenvalue weighted by molar-refractivity contribution is 5.74. The zero-order chi connectivity index (χ0) is 21.3. The highest BCUT2D eigenvalue weighted by atomic mass is 16.5. The van der Waals surface area contributed by atoms with Crippen molar-refractivity contribution in [3.05, 3.63) is 50.7 Å². The van der Waals surface area contributed by atoms with Crippen molar-refractivity contribution < 1.29 is 4.74 Å². The minimum Gasteiger partial charge on any atom is -0.497 e. The number of ether oxygens (including phenoxy) is 1. The van der Waals surface area contributed by atoms with Crippen LogP contribution in [0.3, 0.4) is 0 Å². The Bertz CT molecular complexity index is 1150. The Balaban J connectivity index is 1.86. The van der Waals surface area contributed by atoms with Crippen LogP contribution in [-0.2, 0) is 20.1 Å². The van der Waals surface area contributed by atoms with E-state index in [0.717, 1.165) is 24.2 Å². The van der Waals surface area contributed by atoms with E-state index in [4.69, 9.17) is 9.72 Å². The largest absolute Gasteiger partial charge is 0.497 e. The second kappa shape index (κ2) is 8.38. The number of hydrogen-bond acceptors (Lipinski definition) is 5. The van der Waals surface area contributed by atoms with Gasteiger partial charge in [-0.3, -0.25) is 18.5 Å². The van der Waals surface area contributed by atoms with Gasteiger partial charge in [0.15, 0.2) is 11.2 Å². The number of aryl methyl sites for hydroxylation is 1. The predicted octanol–water partition coefficient (Wildman–Crippen LogP) is 2.72. The van der Waals surface area contributed by atoms with Gasteiger partial charge in [-0.1, -0.05) is 31.4 Å². The average Bonchev–Trinajstić information content (AvgIpc) is 3.12. The van der Waals surface area contributed by atoms with Crippen LogP contribution in [0.4, 0.5) is 5.95 Å². The summed E-state index contributed by atoms with van der Waals surface area (Å²) in [5, 5.41) is 3.56. The van der Waals surface area contributed by atoms with Crippen LogP contribution in [-0.4, -0.2) is 31.8 Å². The van der Waals surface area contributed by atoms with Gasteiger partial charge in [0.1, 0.15) is 5.75 Å². The van der Waals surface area contributed by atoms with Gasteiger partial charge in [-0.25, -0.2) is 4.79 Å². The van der Waals surface area contributed by atoms with Gasteiger partial charge in [-0.2, -0.15) is 4.98 Å². The van der Waals surface area contributed by atoms with Crippen molar-refractivity contribution >= 4 is 17.1 Å². The molecule has 0 spiro atoms. The molecule has 1 aromatic carbocycles. The highest BCUT2D eigenvalue weighted by Gasteiger charge is 2.22. The van der Waals surface area contributed by atoms with Crippen molar-refractivity contribution in [2.75, 3.05) is 12.4 Å². The fourth-order valence-corrected chi connectivity index (χ4v) is 4.26. The molecule has 30 heavy (non-hydrogen) atoms. The number of nitrogens with zero attached hydrogens (tertiary/aromatic N) is 4. The second-order valence-corrected chi connectivity index (χ2v) is 7.91. The summed E-state index contributed by atoms with van der Waals surface area (Å²) in [7, 11) is 3.31. The van der Waals surface area contributed by atoms with E-state index in [-0.39, 0.29) is 11.2 Å². The summed E-state index contributed by atoms with van der Waals surface area (Å²) in [5.41, 5.74) is 1.26. The molecule has 8 nitrogen and oxygen atoms in total. The molecule has 2 heterocycles. The van der Waals surface area contributed by atoms with E-state index in [1.807, 2.05) is 28.8 Å². The third-order valence-electron chi connectivity index (χ3n) is 5.99. The Morgan fingerprint density at radius 1 is 1.10 bits per heavy atom. The van der Waals surface area contributed by atoms with Crippen molar-refractivity contribution in [3.63, 3.8) is 0 Å². The molecule has 1 aliphatic rings. The molecular weight excluding hydrogens is 382 g/mol. The van der Waals surface area contributed by atoms with E-state index >= 15 is 0 Å². The van der Waals surface area contributed by atoms with Crippen LogP contribution in [0.2, 0.25) is 0 Å². The molecular formula is C22H29N5O3. The number of imidazole rings is 1. The Kier molecular flexibility index (Phi) is 5.65. The molecule has 0 unspecified atom stereocenters. The Hall–Kier alpha value is -3.03. The number of nitrogens with one attached hydrogen (secondary N) is 1. The van der Waals surface area contributed by atoms with Crippen molar-refractivity contribution in [3.8, 4) is 5.75 Å². The number of fused-ring (bicyclic) bond motifs is 1. The first-order valence-electron chi connectivity index (χ1n) is 10.6. The standard InChI is InChI=1S/C22H29N5O3/c1-4-26-20(28)18-19(25(2)22(26)29)24-21(23-16-8-6-5-7-9-16)27(18)14-15-10-12-17(30-3)13-11-15/h10-13,16H,4-9,14H2,1-3H3,(H,23,24). The first kappa shape index (κ1) is 20.3. The van der Waals surface area contributed by atoms with Gasteiger partial charge < -0.3 is 10.1 Å². The summed E-state index contributed by atoms with van der Waals surface area (Å²) in [6.45, 7) is 2.60. The number of aromatic nitrogens is 4. The second-order valence-electron chi connectivity index (χ2n) is 7.91. The summed E-state index contributed by atoms with van der Waals surface area (Å²) in [4.78, 5) is 30.5. The number of rotatable bonds is 6. The fourth-order valence-electron chi connectivity index (χ4n) is 4.26. The third kappa shape index (κ3) is 3.62. The highest BCUT2D eigenvalue weighted by Crippen LogP contribution is 2.24. The molecule has 1 N–H and O–H groups in total. The van der Waals surface area contributed by atoms with Crippen LogP contribution in [0, 0.1) is 0 Å². The summed E-state index contributed by atoms with van der Waals surface area (Å²) in [6.07, 6.45) is 5.82. The molecule has 0 bridgehead atoms. The molecule has 2 aromatic heterocycles. The van der Waals surface area contributed by atoms with Crippen LogP contribution >= 0.6 is 0 Å². The number of methoxy groups -OCH3 is 1.